The largest absolute Gasteiger partial charge is 0.352 e. The van der Waals surface area contributed by atoms with E-state index in [1.165, 1.54) is 32.1 Å². The van der Waals surface area contributed by atoms with Gasteiger partial charge >= 0.3 is 0 Å². The van der Waals surface area contributed by atoms with E-state index in [4.69, 9.17) is 0 Å². The number of aryl methyl sites for hydroxylation is 1. The topological polar surface area (TPSA) is 37.8 Å². The van der Waals surface area contributed by atoms with Gasteiger partial charge in [0.2, 0.25) is 5.95 Å². The van der Waals surface area contributed by atoms with Gasteiger partial charge in [-0.15, -0.1) is 0 Å². The molecule has 3 nitrogen and oxygen atoms in total. The monoisotopic (exact) mass is 221 g/mol. The molecule has 0 radical (unpaired) electrons. The minimum atomic E-state index is 0.458. The van der Waals surface area contributed by atoms with Crippen molar-refractivity contribution < 1.29 is 0 Å². The predicted octanol–water partition coefficient (Wildman–Crippen LogP) is 3.56. The molecule has 0 aromatic carbocycles. The molecule has 0 amide bonds. The lowest BCUT2D eigenvalue weighted by atomic mass is 10.1. The standard InChI is InChI=1S/C13H23N3/c1-4-5-6-7-8-12(3)16-13-14-9-11(2)10-15-13/h9-10,12H,4-8H2,1-3H3,(H,14,15,16). The van der Waals surface area contributed by atoms with Gasteiger partial charge in [0.1, 0.15) is 0 Å². The molecule has 1 N–H and O–H groups in total. The molecule has 0 aliphatic heterocycles. The summed E-state index contributed by atoms with van der Waals surface area (Å²) in [5.41, 5.74) is 1.10. The number of unbranched alkanes of at least 4 members (excludes halogenated alkanes) is 3. The third kappa shape index (κ3) is 5.10. The summed E-state index contributed by atoms with van der Waals surface area (Å²) >= 11 is 0. The average Bonchev–Trinajstić information content (AvgIpc) is 2.28. The Hall–Kier alpha value is -1.12. The van der Waals surface area contributed by atoms with E-state index in [0.717, 1.165) is 11.5 Å². The second-order valence-corrected chi connectivity index (χ2v) is 4.48. The first-order chi connectivity index (χ1) is 7.72. The molecule has 90 valence electrons. The van der Waals surface area contributed by atoms with Crippen molar-refractivity contribution in [2.24, 2.45) is 0 Å². The minimum absolute atomic E-state index is 0.458. The fourth-order valence-corrected chi connectivity index (χ4v) is 1.64. The second kappa shape index (κ2) is 7.20. The Morgan fingerprint density at radius 2 is 1.88 bits per heavy atom. The van der Waals surface area contributed by atoms with Crippen LogP contribution >= 0.6 is 0 Å². The van der Waals surface area contributed by atoms with Crippen molar-refractivity contribution >= 4 is 5.95 Å². The van der Waals surface area contributed by atoms with Crippen molar-refractivity contribution in [1.29, 1.82) is 0 Å². The van der Waals surface area contributed by atoms with Crippen LogP contribution in [0.1, 0.15) is 51.5 Å². The van der Waals surface area contributed by atoms with Crippen LogP contribution in [0.2, 0.25) is 0 Å². The van der Waals surface area contributed by atoms with Crippen LogP contribution in [0.15, 0.2) is 12.4 Å². The zero-order valence-electron chi connectivity index (χ0n) is 10.7. The third-order valence-corrected chi connectivity index (χ3v) is 2.65. The molecule has 1 unspecified atom stereocenters. The van der Waals surface area contributed by atoms with Crippen molar-refractivity contribution in [3.05, 3.63) is 18.0 Å². The van der Waals surface area contributed by atoms with Gasteiger partial charge in [-0.1, -0.05) is 32.6 Å². The van der Waals surface area contributed by atoms with Crippen LogP contribution in [-0.2, 0) is 0 Å². The summed E-state index contributed by atoms with van der Waals surface area (Å²) in [4.78, 5) is 8.48. The van der Waals surface area contributed by atoms with Gasteiger partial charge in [-0.05, 0) is 25.8 Å². The highest BCUT2D eigenvalue weighted by molar-refractivity contribution is 5.25. The Kier molecular flexibility index (Phi) is 5.83. The quantitative estimate of drug-likeness (QED) is 0.715. The van der Waals surface area contributed by atoms with Crippen LogP contribution in [-0.4, -0.2) is 16.0 Å². The Balaban J connectivity index is 2.23. The molecule has 0 aliphatic carbocycles. The lowest BCUT2D eigenvalue weighted by Gasteiger charge is -2.13. The molecule has 3 heteroatoms. The molecule has 0 fully saturated rings. The molecule has 1 aromatic heterocycles. The summed E-state index contributed by atoms with van der Waals surface area (Å²) in [6.07, 6.45) is 10.1. The molecule has 0 saturated carbocycles. The van der Waals surface area contributed by atoms with Crippen LogP contribution in [0, 0.1) is 6.92 Å². The van der Waals surface area contributed by atoms with Crippen molar-refractivity contribution in [2.45, 2.75) is 58.9 Å². The van der Waals surface area contributed by atoms with Crippen LogP contribution < -0.4 is 5.32 Å². The Morgan fingerprint density at radius 3 is 2.50 bits per heavy atom. The zero-order chi connectivity index (χ0) is 11.8. The van der Waals surface area contributed by atoms with E-state index in [1.54, 1.807) is 0 Å². The maximum absolute atomic E-state index is 4.24. The molecule has 0 bridgehead atoms. The SMILES string of the molecule is CCCCCCC(C)Nc1ncc(C)cn1. The molecular weight excluding hydrogens is 198 g/mol. The van der Waals surface area contributed by atoms with E-state index >= 15 is 0 Å². The van der Waals surface area contributed by atoms with Crippen LogP contribution in [0.4, 0.5) is 5.95 Å². The van der Waals surface area contributed by atoms with E-state index in [-0.39, 0.29) is 0 Å². The van der Waals surface area contributed by atoms with E-state index in [1.807, 2.05) is 19.3 Å². The minimum Gasteiger partial charge on any atom is -0.352 e. The summed E-state index contributed by atoms with van der Waals surface area (Å²) in [5.74, 6) is 0.744. The molecule has 1 heterocycles. The number of nitrogens with one attached hydrogen (secondary N) is 1. The summed E-state index contributed by atoms with van der Waals surface area (Å²) in [6.45, 7) is 6.43. The first-order valence-electron chi connectivity index (χ1n) is 6.27. The smallest absolute Gasteiger partial charge is 0.222 e. The normalized spacial score (nSPS) is 12.4. The van der Waals surface area contributed by atoms with E-state index < -0.39 is 0 Å². The lowest BCUT2D eigenvalue weighted by molar-refractivity contribution is 0.591. The number of hydrogen-bond donors (Lipinski definition) is 1. The van der Waals surface area contributed by atoms with E-state index in [2.05, 4.69) is 29.1 Å². The Morgan fingerprint density at radius 1 is 1.19 bits per heavy atom. The zero-order valence-corrected chi connectivity index (χ0v) is 10.7. The Labute approximate surface area is 98.7 Å². The van der Waals surface area contributed by atoms with Gasteiger partial charge in [0.05, 0.1) is 0 Å². The molecule has 0 saturated heterocycles. The molecule has 0 spiro atoms. The first kappa shape index (κ1) is 12.9. The average molecular weight is 221 g/mol. The van der Waals surface area contributed by atoms with Gasteiger partial charge in [0.15, 0.2) is 0 Å². The predicted molar refractivity (Wildman–Crippen MR) is 68.6 cm³/mol. The Bertz CT molecular complexity index is 282. The summed E-state index contributed by atoms with van der Waals surface area (Å²) in [5, 5.41) is 3.32. The van der Waals surface area contributed by atoms with Crippen LogP contribution in [0.25, 0.3) is 0 Å². The summed E-state index contributed by atoms with van der Waals surface area (Å²) in [7, 11) is 0. The number of rotatable bonds is 7. The third-order valence-electron chi connectivity index (χ3n) is 2.65. The number of aromatic nitrogens is 2. The number of hydrogen-bond acceptors (Lipinski definition) is 3. The second-order valence-electron chi connectivity index (χ2n) is 4.48. The van der Waals surface area contributed by atoms with Crippen LogP contribution in [0.3, 0.4) is 0 Å². The van der Waals surface area contributed by atoms with Gasteiger partial charge in [-0.25, -0.2) is 9.97 Å². The molecule has 1 aromatic rings. The maximum atomic E-state index is 4.24. The van der Waals surface area contributed by atoms with Gasteiger partial charge < -0.3 is 5.32 Å². The van der Waals surface area contributed by atoms with Crippen molar-refractivity contribution in [1.82, 2.24) is 9.97 Å². The molecule has 1 atom stereocenters. The number of anilines is 1. The molecule has 0 aliphatic rings. The first-order valence-corrected chi connectivity index (χ1v) is 6.27. The van der Waals surface area contributed by atoms with Gasteiger partial charge in [-0.3, -0.25) is 0 Å². The van der Waals surface area contributed by atoms with Gasteiger partial charge in [-0.2, -0.15) is 0 Å². The summed E-state index contributed by atoms with van der Waals surface area (Å²) < 4.78 is 0. The summed E-state index contributed by atoms with van der Waals surface area (Å²) in [6, 6.07) is 0.458. The van der Waals surface area contributed by atoms with E-state index in [0.29, 0.717) is 6.04 Å². The van der Waals surface area contributed by atoms with E-state index in [9.17, 15) is 0 Å². The molecule has 1 rings (SSSR count). The molecular formula is C13H23N3. The van der Waals surface area contributed by atoms with Gasteiger partial charge in [0.25, 0.3) is 0 Å². The fraction of sp³-hybridized carbons (Fsp3) is 0.692. The molecule has 16 heavy (non-hydrogen) atoms. The highest BCUT2D eigenvalue weighted by Crippen LogP contribution is 2.08. The van der Waals surface area contributed by atoms with Crippen molar-refractivity contribution in [3.63, 3.8) is 0 Å². The lowest BCUT2D eigenvalue weighted by Crippen LogP contribution is -2.16. The van der Waals surface area contributed by atoms with Crippen molar-refractivity contribution in [2.75, 3.05) is 5.32 Å². The highest BCUT2D eigenvalue weighted by atomic mass is 15.1. The maximum Gasteiger partial charge on any atom is 0.222 e. The number of nitrogens with zero attached hydrogens (tertiary/aromatic N) is 2. The van der Waals surface area contributed by atoms with Crippen LogP contribution in [0.5, 0.6) is 0 Å². The van der Waals surface area contributed by atoms with Crippen molar-refractivity contribution in [3.8, 4) is 0 Å². The highest BCUT2D eigenvalue weighted by Gasteiger charge is 2.03. The fourth-order valence-electron chi connectivity index (χ4n) is 1.64. The van der Waals surface area contributed by atoms with Gasteiger partial charge in [0, 0.05) is 18.4 Å².